The van der Waals surface area contributed by atoms with Gasteiger partial charge in [0.25, 0.3) is 0 Å². The maximum absolute atomic E-state index is 12.6. The van der Waals surface area contributed by atoms with Gasteiger partial charge in [0, 0.05) is 26.6 Å². The SMILES string of the molecule is COc1nc(N2CCC(OC)CC2)nc(OC)c1NC(=O)CC1CCCCC1. The molecule has 1 aromatic rings. The molecule has 2 heterocycles. The van der Waals surface area contributed by atoms with E-state index in [0.717, 1.165) is 38.8 Å². The average Bonchev–Trinajstić information content (AvgIpc) is 2.74. The number of ether oxygens (including phenoxy) is 3. The minimum Gasteiger partial charge on any atom is -0.479 e. The Bertz CT molecular complexity index is 631. The molecule has 0 aromatic carbocycles. The molecule has 0 bridgehead atoms. The Morgan fingerprint density at radius 1 is 1.00 bits per heavy atom. The van der Waals surface area contributed by atoms with Gasteiger partial charge in [0.1, 0.15) is 0 Å². The predicted octanol–water partition coefficient (Wildman–Crippen LogP) is 3.02. The molecule has 0 unspecified atom stereocenters. The zero-order valence-electron chi connectivity index (χ0n) is 17.2. The summed E-state index contributed by atoms with van der Waals surface area (Å²) in [6.45, 7) is 1.61. The summed E-state index contributed by atoms with van der Waals surface area (Å²) in [6.07, 6.45) is 8.57. The Morgan fingerprint density at radius 3 is 2.14 bits per heavy atom. The number of hydrogen-bond acceptors (Lipinski definition) is 7. The number of carbonyl (C=O) groups is 1. The first-order valence-corrected chi connectivity index (χ1v) is 10.2. The first-order chi connectivity index (χ1) is 13.6. The first-order valence-electron chi connectivity index (χ1n) is 10.2. The fraction of sp³-hybridized carbons (Fsp3) is 0.750. The maximum Gasteiger partial charge on any atom is 0.246 e. The molecule has 156 valence electrons. The Kier molecular flexibility index (Phi) is 7.30. The fourth-order valence-corrected chi connectivity index (χ4v) is 4.09. The highest BCUT2D eigenvalue weighted by Gasteiger charge is 2.25. The highest BCUT2D eigenvalue weighted by Crippen LogP contribution is 2.35. The zero-order valence-corrected chi connectivity index (χ0v) is 17.2. The second kappa shape index (κ2) is 9.91. The van der Waals surface area contributed by atoms with Crippen molar-refractivity contribution in [2.45, 2.75) is 57.5 Å². The van der Waals surface area contributed by atoms with Crippen molar-refractivity contribution in [1.29, 1.82) is 0 Å². The van der Waals surface area contributed by atoms with E-state index in [4.69, 9.17) is 14.2 Å². The number of anilines is 2. The smallest absolute Gasteiger partial charge is 0.246 e. The number of methoxy groups -OCH3 is 3. The van der Waals surface area contributed by atoms with Crippen molar-refractivity contribution in [3.63, 3.8) is 0 Å². The summed E-state index contributed by atoms with van der Waals surface area (Å²) in [5, 5.41) is 2.92. The predicted molar refractivity (Wildman–Crippen MR) is 107 cm³/mol. The summed E-state index contributed by atoms with van der Waals surface area (Å²) in [5.41, 5.74) is 0.404. The van der Waals surface area contributed by atoms with E-state index in [1.54, 1.807) is 21.3 Å². The van der Waals surface area contributed by atoms with Crippen LogP contribution in [0.25, 0.3) is 0 Å². The summed E-state index contributed by atoms with van der Waals surface area (Å²) in [4.78, 5) is 23.7. The van der Waals surface area contributed by atoms with Crippen LogP contribution in [0.4, 0.5) is 11.6 Å². The average molecular weight is 393 g/mol. The van der Waals surface area contributed by atoms with Crippen molar-refractivity contribution in [3.8, 4) is 11.8 Å². The van der Waals surface area contributed by atoms with Crippen molar-refractivity contribution in [1.82, 2.24) is 9.97 Å². The molecule has 1 aromatic heterocycles. The van der Waals surface area contributed by atoms with Gasteiger partial charge in [-0.2, -0.15) is 9.97 Å². The lowest BCUT2D eigenvalue weighted by Gasteiger charge is -2.31. The van der Waals surface area contributed by atoms with Gasteiger partial charge in [0.2, 0.25) is 23.6 Å². The topological polar surface area (TPSA) is 85.8 Å². The van der Waals surface area contributed by atoms with E-state index in [9.17, 15) is 4.79 Å². The standard InChI is InChI=1S/C20H32N4O4/c1-26-15-9-11-24(12-10-15)20-22-18(27-2)17(19(23-20)28-3)21-16(25)13-14-7-5-4-6-8-14/h14-15H,4-13H2,1-3H3,(H,21,25). The van der Waals surface area contributed by atoms with Crippen molar-refractivity contribution in [2.24, 2.45) is 5.92 Å². The Labute approximate surface area is 167 Å². The van der Waals surface area contributed by atoms with Crippen LogP contribution < -0.4 is 19.7 Å². The summed E-state index contributed by atoms with van der Waals surface area (Å²) in [5.74, 6) is 1.61. The second-order valence-corrected chi connectivity index (χ2v) is 7.60. The molecular weight excluding hydrogens is 360 g/mol. The molecular formula is C20H32N4O4. The number of nitrogens with zero attached hydrogens (tertiary/aromatic N) is 3. The Balaban J connectivity index is 1.72. The van der Waals surface area contributed by atoms with Crippen LogP contribution in [-0.2, 0) is 9.53 Å². The number of rotatable bonds is 7. The van der Waals surface area contributed by atoms with Crippen molar-refractivity contribution in [3.05, 3.63) is 0 Å². The summed E-state index contributed by atoms with van der Waals surface area (Å²) in [7, 11) is 4.83. The lowest BCUT2D eigenvalue weighted by molar-refractivity contribution is -0.117. The van der Waals surface area contributed by atoms with Crippen LogP contribution in [0.2, 0.25) is 0 Å². The van der Waals surface area contributed by atoms with Gasteiger partial charge in [-0.05, 0) is 31.6 Å². The third-order valence-electron chi connectivity index (χ3n) is 5.74. The molecule has 3 rings (SSSR count). The van der Waals surface area contributed by atoms with Gasteiger partial charge in [-0.1, -0.05) is 19.3 Å². The molecule has 28 heavy (non-hydrogen) atoms. The van der Waals surface area contributed by atoms with E-state index in [0.29, 0.717) is 35.7 Å². The quantitative estimate of drug-likeness (QED) is 0.763. The highest BCUT2D eigenvalue weighted by molar-refractivity contribution is 5.93. The summed E-state index contributed by atoms with van der Waals surface area (Å²) < 4.78 is 16.3. The second-order valence-electron chi connectivity index (χ2n) is 7.60. The number of nitrogens with one attached hydrogen (secondary N) is 1. The lowest BCUT2D eigenvalue weighted by Crippen LogP contribution is -2.37. The minimum absolute atomic E-state index is 0.0410. The molecule has 1 saturated carbocycles. The Morgan fingerprint density at radius 2 is 1.61 bits per heavy atom. The third-order valence-corrected chi connectivity index (χ3v) is 5.74. The molecule has 1 saturated heterocycles. The van der Waals surface area contributed by atoms with E-state index in [2.05, 4.69) is 20.2 Å². The monoisotopic (exact) mass is 392 g/mol. The van der Waals surface area contributed by atoms with E-state index in [-0.39, 0.29) is 12.0 Å². The van der Waals surface area contributed by atoms with Gasteiger partial charge in [0.15, 0.2) is 5.69 Å². The molecule has 8 heteroatoms. The molecule has 0 atom stereocenters. The molecule has 8 nitrogen and oxygen atoms in total. The van der Waals surface area contributed by atoms with Gasteiger partial charge >= 0.3 is 0 Å². The first kappa shape index (κ1) is 20.6. The normalized spacial score (nSPS) is 18.8. The van der Waals surface area contributed by atoms with Gasteiger partial charge < -0.3 is 24.4 Å². The van der Waals surface area contributed by atoms with Gasteiger partial charge in [-0.3, -0.25) is 4.79 Å². The maximum atomic E-state index is 12.6. The zero-order chi connectivity index (χ0) is 19.9. The van der Waals surface area contributed by atoms with Gasteiger partial charge in [-0.15, -0.1) is 0 Å². The summed E-state index contributed by atoms with van der Waals surface area (Å²) >= 11 is 0. The van der Waals surface area contributed by atoms with Crippen LogP contribution >= 0.6 is 0 Å². The number of aromatic nitrogens is 2. The molecule has 2 aliphatic rings. The molecule has 0 radical (unpaired) electrons. The van der Waals surface area contributed by atoms with Crippen molar-refractivity contribution < 1.29 is 19.0 Å². The molecule has 1 amide bonds. The van der Waals surface area contributed by atoms with E-state index in [1.165, 1.54) is 19.3 Å². The molecule has 2 fully saturated rings. The van der Waals surface area contributed by atoms with Crippen LogP contribution in [0, 0.1) is 5.92 Å². The molecule has 0 spiro atoms. The Hall–Kier alpha value is -2.09. The molecule has 1 aliphatic heterocycles. The van der Waals surface area contributed by atoms with E-state index < -0.39 is 0 Å². The summed E-state index contributed by atoms with van der Waals surface area (Å²) in [6, 6.07) is 0. The van der Waals surface area contributed by atoms with Crippen molar-refractivity contribution in [2.75, 3.05) is 44.6 Å². The van der Waals surface area contributed by atoms with E-state index in [1.807, 2.05) is 0 Å². The van der Waals surface area contributed by atoms with Crippen LogP contribution in [0.1, 0.15) is 51.4 Å². The number of amides is 1. The number of carbonyl (C=O) groups excluding carboxylic acids is 1. The highest BCUT2D eigenvalue weighted by atomic mass is 16.5. The van der Waals surface area contributed by atoms with Crippen LogP contribution in [0.5, 0.6) is 11.8 Å². The van der Waals surface area contributed by atoms with Gasteiger partial charge in [-0.25, -0.2) is 0 Å². The van der Waals surface area contributed by atoms with Crippen LogP contribution in [0.15, 0.2) is 0 Å². The van der Waals surface area contributed by atoms with Crippen LogP contribution in [-0.4, -0.2) is 56.4 Å². The van der Waals surface area contributed by atoms with Crippen molar-refractivity contribution >= 4 is 17.5 Å². The fourth-order valence-electron chi connectivity index (χ4n) is 4.09. The largest absolute Gasteiger partial charge is 0.479 e. The lowest BCUT2D eigenvalue weighted by atomic mass is 9.87. The third kappa shape index (κ3) is 5.04. The van der Waals surface area contributed by atoms with Gasteiger partial charge in [0.05, 0.1) is 20.3 Å². The minimum atomic E-state index is -0.0410. The number of piperidine rings is 1. The number of hydrogen-bond donors (Lipinski definition) is 1. The molecule has 1 N–H and O–H groups in total. The van der Waals surface area contributed by atoms with E-state index >= 15 is 0 Å². The van der Waals surface area contributed by atoms with Crippen LogP contribution in [0.3, 0.4) is 0 Å². The molecule has 1 aliphatic carbocycles.